The number of unbranched alkanes of at least 4 members (excludes halogenated alkanes) is 4. The summed E-state index contributed by atoms with van der Waals surface area (Å²) in [5.41, 5.74) is 1.61. The summed E-state index contributed by atoms with van der Waals surface area (Å²) in [6, 6.07) is 13.7. The molecule has 0 atom stereocenters. The lowest BCUT2D eigenvalue weighted by Crippen LogP contribution is -2.00. The number of carbonyl (C=O) groups excluding carboxylic acids is 1. The SMILES string of the molecule is CCCCCOc1cc(C=CC(=O)c2ccc(SCCC)cc2)cc(OCCCCC)c1. The van der Waals surface area contributed by atoms with Crippen molar-refractivity contribution in [1.29, 1.82) is 0 Å². The van der Waals surface area contributed by atoms with Gasteiger partial charge in [-0.05, 0) is 73.1 Å². The number of hydrogen-bond donors (Lipinski definition) is 0. The molecule has 0 aliphatic carbocycles. The van der Waals surface area contributed by atoms with Crippen molar-refractivity contribution in [2.24, 2.45) is 0 Å². The van der Waals surface area contributed by atoms with Gasteiger partial charge in [0.15, 0.2) is 5.78 Å². The zero-order valence-corrected chi connectivity index (χ0v) is 20.7. The molecule has 0 bridgehead atoms. The summed E-state index contributed by atoms with van der Waals surface area (Å²) in [5.74, 6) is 2.67. The van der Waals surface area contributed by atoms with Crippen molar-refractivity contribution in [3.05, 3.63) is 59.7 Å². The van der Waals surface area contributed by atoms with Crippen molar-refractivity contribution < 1.29 is 14.3 Å². The normalized spacial score (nSPS) is 11.1. The zero-order valence-electron chi connectivity index (χ0n) is 19.9. The molecule has 32 heavy (non-hydrogen) atoms. The van der Waals surface area contributed by atoms with Gasteiger partial charge in [-0.15, -0.1) is 11.8 Å². The summed E-state index contributed by atoms with van der Waals surface area (Å²) >= 11 is 1.82. The predicted molar refractivity (Wildman–Crippen MR) is 137 cm³/mol. The van der Waals surface area contributed by atoms with Crippen molar-refractivity contribution in [3.63, 3.8) is 0 Å². The Morgan fingerprint density at radius 2 is 1.41 bits per heavy atom. The largest absolute Gasteiger partial charge is 0.493 e. The van der Waals surface area contributed by atoms with E-state index in [0.29, 0.717) is 18.8 Å². The van der Waals surface area contributed by atoms with E-state index in [1.165, 1.54) is 4.90 Å². The quantitative estimate of drug-likeness (QED) is 0.111. The Kier molecular flexibility index (Phi) is 12.7. The van der Waals surface area contributed by atoms with Crippen LogP contribution in [-0.2, 0) is 0 Å². The van der Waals surface area contributed by atoms with Crippen LogP contribution in [0.1, 0.15) is 81.6 Å². The monoisotopic (exact) mass is 454 g/mol. The van der Waals surface area contributed by atoms with Crippen LogP contribution in [0.5, 0.6) is 11.5 Å². The molecule has 0 saturated heterocycles. The molecule has 0 amide bonds. The minimum Gasteiger partial charge on any atom is -0.493 e. The van der Waals surface area contributed by atoms with E-state index in [2.05, 4.69) is 20.8 Å². The number of carbonyl (C=O) groups is 1. The second-order valence-electron chi connectivity index (χ2n) is 7.92. The molecule has 0 aromatic heterocycles. The fraction of sp³-hybridized carbons (Fsp3) is 0.464. The second-order valence-corrected chi connectivity index (χ2v) is 9.09. The maximum absolute atomic E-state index is 12.6. The number of benzene rings is 2. The average molecular weight is 455 g/mol. The summed E-state index contributed by atoms with van der Waals surface area (Å²) < 4.78 is 11.9. The second kappa shape index (κ2) is 15.6. The van der Waals surface area contributed by atoms with Crippen molar-refractivity contribution >= 4 is 23.6 Å². The predicted octanol–water partition coefficient (Wildman–Crippen LogP) is 8.22. The van der Waals surface area contributed by atoms with Gasteiger partial charge in [-0.1, -0.05) is 52.5 Å². The van der Waals surface area contributed by atoms with E-state index >= 15 is 0 Å². The maximum Gasteiger partial charge on any atom is 0.185 e. The minimum atomic E-state index is -0.00303. The van der Waals surface area contributed by atoms with Gasteiger partial charge in [0.2, 0.25) is 0 Å². The van der Waals surface area contributed by atoms with Crippen LogP contribution in [0.2, 0.25) is 0 Å². The molecule has 3 nitrogen and oxygen atoms in total. The lowest BCUT2D eigenvalue weighted by atomic mass is 10.1. The maximum atomic E-state index is 12.6. The Bertz CT molecular complexity index is 797. The highest BCUT2D eigenvalue weighted by molar-refractivity contribution is 7.99. The first-order chi connectivity index (χ1) is 15.7. The summed E-state index contributed by atoms with van der Waals surface area (Å²) in [6.07, 6.45) is 11.3. The van der Waals surface area contributed by atoms with Crippen LogP contribution in [0, 0.1) is 0 Å². The first-order valence-electron chi connectivity index (χ1n) is 12.0. The van der Waals surface area contributed by atoms with E-state index < -0.39 is 0 Å². The summed E-state index contributed by atoms with van der Waals surface area (Å²) in [4.78, 5) is 13.8. The molecule has 4 heteroatoms. The van der Waals surface area contributed by atoms with Gasteiger partial charge in [-0.25, -0.2) is 0 Å². The third kappa shape index (κ3) is 9.95. The Hall–Kier alpha value is -2.20. The van der Waals surface area contributed by atoms with Gasteiger partial charge >= 0.3 is 0 Å². The van der Waals surface area contributed by atoms with E-state index in [1.807, 2.05) is 60.3 Å². The van der Waals surface area contributed by atoms with Crippen molar-refractivity contribution in [1.82, 2.24) is 0 Å². The molecule has 174 valence electrons. The minimum absolute atomic E-state index is 0.00303. The lowest BCUT2D eigenvalue weighted by molar-refractivity contribution is 0.104. The van der Waals surface area contributed by atoms with Crippen LogP contribution in [-0.4, -0.2) is 24.7 Å². The Morgan fingerprint density at radius 3 is 1.94 bits per heavy atom. The molecule has 0 heterocycles. The first kappa shape index (κ1) is 26.1. The molecule has 0 N–H and O–H groups in total. The van der Waals surface area contributed by atoms with E-state index in [9.17, 15) is 4.79 Å². The molecule has 2 aromatic rings. The standard InChI is InChI=1S/C28H38O3S/c1-4-7-9-17-30-25-20-23(21-26(22-25)31-18-10-8-5-2)11-16-28(29)24-12-14-27(15-13-24)32-19-6-3/h11-16,20-22H,4-10,17-19H2,1-3H3. The van der Waals surface area contributed by atoms with Crippen LogP contribution in [0.25, 0.3) is 6.08 Å². The van der Waals surface area contributed by atoms with Crippen LogP contribution in [0.15, 0.2) is 53.4 Å². The van der Waals surface area contributed by atoms with Gasteiger partial charge in [-0.2, -0.15) is 0 Å². The highest BCUT2D eigenvalue weighted by Gasteiger charge is 2.05. The van der Waals surface area contributed by atoms with Crippen LogP contribution < -0.4 is 9.47 Å². The van der Waals surface area contributed by atoms with Gasteiger partial charge < -0.3 is 9.47 Å². The first-order valence-corrected chi connectivity index (χ1v) is 13.0. The molecule has 2 rings (SSSR count). The molecule has 0 aliphatic heterocycles. The molecule has 0 aliphatic rings. The fourth-order valence-corrected chi connectivity index (χ4v) is 3.91. The number of allylic oxidation sites excluding steroid dienone is 1. The Labute approximate surface area is 198 Å². The van der Waals surface area contributed by atoms with E-state index in [1.54, 1.807) is 6.08 Å². The van der Waals surface area contributed by atoms with E-state index in [0.717, 1.165) is 67.8 Å². The highest BCUT2D eigenvalue weighted by Crippen LogP contribution is 2.25. The van der Waals surface area contributed by atoms with E-state index in [4.69, 9.17) is 9.47 Å². The Balaban J connectivity index is 2.07. The zero-order chi connectivity index (χ0) is 23.0. The Morgan fingerprint density at radius 1 is 0.812 bits per heavy atom. The number of ether oxygens (including phenoxy) is 2. The number of rotatable bonds is 16. The van der Waals surface area contributed by atoms with Crippen LogP contribution >= 0.6 is 11.8 Å². The number of thioether (sulfide) groups is 1. The molecular weight excluding hydrogens is 416 g/mol. The topological polar surface area (TPSA) is 35.5 Å². The fourth-order valence-electron chi connectivity index (χ4n) is 3.14. The van der Waals surface area contributed by atoms with Gasteiger partial charge in [-0.3, -0.25) is 4.79 Å². The third-order valence-corrected chi connectivity index (χ3v) is 6.19. The van der Waals surface area contributed by atoms with E-state index in [-0.39, 0.29) is 5.78 Å². The van der Waals surface area contributed by atoms with Gasteiger partial charge in [0.05, 0.1) is 13.2 Å². The van der Waals surface area contributed by atoms with Crippen LogP contribution in [0.3, 0.4) is 0 Å². The summed E-state index contributed by atoms with van der Waals surface area (Å²) in [7, 11) is 0. The molecular formula is C28H38O3S. The smallest absolute Gasteiger partial charge is 0.185 e. The van der Waals surface area contributed by atoms with Crippen molar-refractivity contribution in [2.75, 3.05) is 19.0 Å². The van der Waals surface area contributed by atoms with Gasteiger partial charge in [0.1, 0.15) is 11.5 Å². The molecule has 0 saturated carbocycles. The molecule has 2 aromatic carbocycles. The average Bonchev–Trinajstić information content (AvgIpc) is 2.82. The van der Waals surface area contributed by atoms with Crippen molar-refractivity contribution in [2.45, 2.75) is 70.6 Å². The molecule has 0 spiro atoms. The van der Waals surface area contributed by atoms with Gasteiger partial charge in [0.25, 0.3) is 0 Å². The number of ketones is 1. The molecule has 0 unspecified atom stereocenters. The molecule has 0 radical (unpaired) electrons. The van der Waals surface area contributed by atoms with Crippen LogP contribution in [0.4, 0.5) is 0 Å². The summed E-state index contributed by atoms with van der Waals surface area (Å²) in [6.45, 7) is 7.92. The summed E-state index contributed by atoms with van der Waals surface area (Å²) in [5, 5.41) is 0. The van der Waals surface area contributed by atoms with Crippen molar-refractivity contribution in [3.8, 4) is 11.5 Å². The number of hydrogen-bond acceptors (Lipinski definition) is 4. The highest BCUT2D eigenvalue weighted by atomic mass is 32.2. The van der Waals surface area contributed by atoms with Gasteiger partial charge in [0, 0.05) is 16.5 Å². The lowest BCUT2D eigenvalue weighted by Gasteiger charge is -2.11. The third-order valence-electron chi connectivity index (χ3n) is 4.97. The molecule has 0 fully saturated rings.